The Morgan fingerprint density at radius 3 is 3.04 bits per heavy atom. The molecule has 3 heterocycles. The Morgan fingerprint density at radius 1 is 1.26 bits per heavy atom. The number of carbonyl (C=O) groups is 1. The van der Waals surface area contributed by atoms with Crippen molar-refractivity contribution < 1.29 is 9.53 Å². The Balaban J connectivity index is 1.71. The standard InChI is InChI=1S/C15H14N6O2/c1-23-12-4-3-10-7-11(9-16-13(10)8-12)14(22)20-5-2-6-21-15(20)17-18-19-21/h3-4,7-9H,2,5-6H2,1H3. The summed E-state index contributed by atoms with van der Waals surface area (Å²) < 4.78 is 6.82. The third-order valence-corrected chi connectivity index (χ3v) is 3.89. The first-order valence-electron chi connectivity index (χ1n) is 7.28. The lowest BCUT2D eigenvalue weighted by molar-refractivity contribution is 0.0980. The molecule has 3 aromatic rings. The predicted molar refractivity (Wildman–Crippen MR) is 82.4 cm³/mol. The van der Waals surface area contributed by atoms with Crippen molar-refractivity contribution in [2.24, 2.45) is 0 Å². The number of pyridine rings is 1. The number of aromatic nitrogens is 5. The molecule has 23 heavy (non-hydrogen) atoms. The number of anilines is 1. The maximum Gasteiger partial charge on any atom is 0.262 e. The van der Waals surface area contributed by atoms with Crippen LogP contribution in [0.25, 0.3) is 10.9 Å². The maximum absolute atomic E-state index is 12.8. The summed E-state index contributed by atoms with van der Waals surface area (Å²) in [7, 11) is 1.61. The molecule has 4 rings (SSSR count). The van der Waals surface area contributed by atoms with Crippen LogP contribution in [0.4, 0.5) is 5.95 Å². The van der Waals surface area contributed by atoms with Crippen LogP contribution in [-0.2, 0) is 6.54 Å². The van der Waals surface area contributed by atoms with Gasteiger partial charge in [-0.2, -0.15) is 0 Å². The lowest BCUT2D eigenvalue weighted by atomic mass is 10.1. The van der Waals surface area contributed by atoms with Gasteiger partial charge in [-0.05, 0) is 35.0 Å². The smallest absolute Gasteiger partial charge is 0.262 e. The van der Waals surface area contributed by atoms with Gasteiger partial charge in [-0.1, -0.05) is 5.10 Å². The Bertz CT molecular complexity index is 891. The largest absolute Gasteiger partial charge is 0.497 e. The number of rotatable bonds is 2. The molecule has 0 fully saturated rings. The molecule has 0 saturated heterocycles. The highest BCUT2D eigenvalue weighted by Gasteiger charge is 2.26. The summed E-state index contributed by atoms with van der Waals surface area (Å²) in [5.74, 6) is 1.07. The average molecular weight is 310 g/mol. The van der Waals surface area contributed by atoms with E-state index in [9.17, 15) is 4.79 Å². The van der Waals surface area contributed by atoms with E-state index in [0.29, 0.717) is 18.1 Å². The zero-order chi connectivity index (χ0) is 15.8. The third-order valence-electron chi connectivity index (χ3n) is 3.89. The van der Waals surface area contributed by atoms with Crippen LogP contribution in [0.1, 0.15) is 16.8 Å². The molecule has 0 aliphatic carbocycles. The molecule has 0 unspecified atom stereocenters. The molecule has 1 aliphatic heterocycles. The maximum atomic E-state index is 12.8. The van der Waals surface area contributed by atoms with E-state index in [0.717, 1.165) is 29.6 Å². The van der Waals surface area contributed by atoms with Gasteiger partial charge in [0.25, 0.3) is 11.9 Å². The number of tetrazole rings is 1. The van der Waals surface area contributed by atoms with Crippen LogP contribution in [0.3, 0.4) is 0 Å². The first kappa shape index (κ1) is 13.6. The fraction of sp³-hybridized carbons (Fsp3) is 0.267. The molecular formula is C15H14N6O2. The average Bonchev–Trinajstić information content (AvgIpc) is 3.08. The number of carbonyl (C=O) groups excluding carboxylic acids is 1. The Labute approximate surface area is 131 Å². The highest BCUT2D eigenvalue weighted by atomic mass is 16.5. The van der Waals surface area contributed by atoms with Crippen molar-refractivity contribution >= 4 is 22.8 Å². The number of methoxy groups -OCH3 is 1. The summed E-state index contributed by atoms with van der Waals surface area (Å²) in [6.45, 7) is 1.32. The van der Waals surface area contributed by atoms with Crippen molar-refractivity contribution in [2.75, 3.05) is 18.6 Å². The van der Waals surface area contributed by atoms with E-state index >= 15 is 0 Å². The highest BCUT2D eigenvalue weighted by molar-refractivity contribution is 6.06. The minimum atomic E-state index is -0.147. The van der Waals surface area contributed by atoms with Gasteiger partial charge in [-0.15, -0.1) is 0 Å². The Hall–Kier alpha value is -3.03. The van der Waals surface area contributed by atoms with E-state index in [4.69, 9.17) is 4.74 Å². The monoisotopic (exact) mass is 310 g/mol. The van der Waals surface area contributed by atoms with Crippen LogP contribution in [0.15, 0.2) is 30.5 Å². The first-order chi connectivity index (χ1) is 11.3. The van der Waals surface area contributed by atoms with Gasteiger partial charge in [0.05, 0.1) is 18.2 Å². The number of fused-ring (bicyclic) bond motifs is 2. The van der Waals surface area contributed by atoms with E-state index in [2.05, 4.69) is 20.5 Å². The van der Waals surface area contributed by atoms with Gasteiger partial charge >= 0.3 is 0 Å². The van der Waals surface area contributed by atoms with Crippen LogP contribution in [0, 0.1) is 0 Å². The molecule has 1 aliphatic rings. The van der Waals surface area contributed by atoms with Crippen molar-refractivity contribution in [1.29, 1.82) is 0 Å². The van der Waals surface area contributed by atoms with Crippen molar-refractivity contribution in [1.82, 2.24) is 25.2 Å². The number of hydrogen-bond donors (Lipinski definition) is 0. The van der Waals surface area contributed by atoms with Crippen molar-refractivity contribution in [3.8, 4) is 5.75 Å². The van der Waals surface area contributed by atoms with Gasteiger partial charge < -0.3 is 4.74 Å². The fourth-order valence-corrected chi connectivity index (χ4v) is 2.71. The van der Waals surface area contributed by atoms with Crippen LogP contribution < -0.4 is 9.64 Å². The van der Waals surface area contributed by atoms with Crippen molar-refractivity contribution in [3.63, 3.8) is 0 Å². The fourth-order valence-electron chi connectivity index (χ4n) is 2.71. The Morgan fingerprint density at radius 2 is 2.17 bits per heavy atom. The molecule has 2 aromatic heterocycles. The number of ether oxygens (including phenoxy) is 1. The van der Waals surface area contributed by atoms with E-state index in [1.807, 2.05) is 24.3 Å². The zero-order valence-electron chi connectivity index (χ0n) is 12.5. The molecule has 0 saturated carbocycles. The third kappa shape index (κ3) is 2.28. The van der Waals surface area contributed by atoms with E-state index < -0.39 is 0 Å². The van der Waals surface area contributed by atoms with Gasteiger partial charge in [-0.25, -0.2) is 4.68 Å². The molecule has 0 bridgehead atoms. The summed E-state index contributed by atoms with van der Waals surface area (Å²) in [5, 5.41) is 12.3. The van der Waals surface area contributed by atoms with Gasteiger partial charge in [0, 0.05) is 30.7 Å². The number of amides is 1. The SMILES string of the molecule is COc1ccc2cc(C(=O)N3CCCn4nnnc43)cnc2c1. The molecular weight excluding hydrogens is 296 g/mol. The number of aryl methyl sites for hydroxylation is 1. The first-order valence-corrected chi connectivity index (χ1v) is 7.28. The molecule has 8 nitrogen and oxygen atoms in total. The van der Waals surface area contributed by atoms with Gasteiger partial charge in [0.1, 0.15) is 5.75 Å². The summed E-state index contributed by atoms with van der Waals surface area (Å²) in [6, 6.07) is 7.40. The molecule has 0 radical (unpaired) electrons. The minimum absolute atomic E-state index is 0.147. The predicted octanol–water partition coefficient (Wildman–Crippen LogP) is 1.28. The highest BCUT2D eigenvalue weighted by Crippen LogP contribution is 2.22. The summed E-state index contributed by atoms with van der Waals surface area (Å²) >= 11 is 0. The summed E-state index contributed by atoms with van der Waals surface area (Å²) in [6.07, 6.45) is 2.40. The van der Waals surface area contributed by atoms with Gasteiger partial charge in [-0.3, -0.25) is 14.7 Å². The normalized spacial score (nSPS) is 13.9. The molecule has 8 heteroatoms. The second kappa shape index (κ2) is 5.31. The van der Waals surface area contributed by atoms with Crippen LogP contribution in [-0.4, -0.2) is 44.8 Å². The molecule has 1 aromatic carbocycles. The number of benzene rings is 1. The molecule has 0 spiro atoms. The lowest BCUT2D eigenvalue weighted by Crippen LogP contribution is -2.38. The Kier molecular flexibility index (Phi) is 3.14. The molecule has 0 atom stereocenters. The second-order valence-corrected chi connectivity index (χ2v) is 5.29. The van der Waals surface area contributed by atoms with Crippen LogP contribution >= 0.6 is 0 Å². The van der Waals surface area contributed by atoms with E-state index in [1.54, 1.807) is 22.9 Å². The van der Waals surface area contributed by atoms with Gasteiger partial charge in [0.2, 0.25) is 0 Å². The quantitative estimate of drug-likeness (QED) is 0.709. The minimum Gasteiger partial charge on any atom is -0.497 e. The number of hydrogen-bond acceptors (Lipinski definition) is 6. The van der Waals surface area contributed by atoms with E-state index in [1.165, 1.54) is 0 Å². The van der Waals surface area contributed by atoms with Crippen molar-refractivity contribution in [3.05, 3.63) is 36.0 Å². The second-order valence-electron chi connectivity index (χ2n) is 5.29. The van der Waals surface area contributed by atoms with Crippen LogP contribution in [0.5, 0.6) is 5.75 Å². The number of nitrogens with zero attached hydrogens (tertiary/aromatic N) is 6. The van der Waals surface area contributed by atoms with Crippen molar-refractivity contribution in [2.45, 2.75) is 13.0 Å². The molecule has 1 amide bonds. The zero-order valence-corrected chi connectivity index (χ0v) is 12.5. The summed E-state index contributed by atoms with van der Waals surface area (Å²) in [5.41, 5.74) is 1.29. The van der Waals surface area contributed by atoms with Crippen LogP contribution in [0.2, 0.25) is 0 Å². The molecule has 116 valence electrons. The molecule has 0 N–H and O–H groups in total. The van der Waals surface area contributed by atoms with E-state index in [-0.39, 0.29) is 5.91 Å². The topological polar surface area (TPSA) is 86.0 Å². The summed E-state index contributed by atoms with van der Waals surface area (Å²) in [4.78, 5) is 18.7. The van der Waals surface area contributed by atoms with Gasteiger partial charge in [0.15, 0.2) is 0 Å². The lowest BCUT2D eigenvalue weighted by Gasteiger charge is -2.25.